The van der Waals surface area contributed by atoms with Crippen molar-refractivity contribution < 1.29 is 0 Å². The van der Waals surface area contributed by atoms with Gasteiger partial charge in [-0.15, -0.1) is 11.3 Å². The van der Waals surface area contributed by atoms with E-state index >= 15 is 0 Å². The Hall–Kier alpha value is -3.30. The Morgan fingerprint density at radius 1 is 0.923 bits per heavy atom. The maximum absolute atomic E-state index is 5.37. The molecule has 0 fully saturated rings. The van der Waals surface area contributed by atoms with Crippen molar-refractivity contribution in [2.24, 2.45) is 5.92 Å². The summed E-state index contributed by atoms with van der Waals surface area (Å²) in [5.41, 5.74) is 9.72. The van der Waals surface area contributed by atoms with Crippen LogP contribution in [0.1, 0.15) is 77.1 Å². The van der Waals surface area contributed by atoms with Gasteiger partial charge in [0.15, 0.2) is 0 Å². The van der Waals surface area contributed by atoms with E-state index in [-0.39, 0.29) is 10.8 Å². The average Bonchev–Trinajstić information content (AvgIpc) is 3.37. The summed E-state index contributed by atoms with van der Waals surface area (Å²) in [6.07, 6.45) is 7.39. The van der Waals surface area contributed by atoms with E-state index in [1.165, 1.54) is 53.9 Å². The predicted octanol–water partition coefficient (Wildman–Crippen LogP) is 10.4. The fourth-order valence-corrected chi connectivity index (χ4v) is 7.52. The highest BCUT2D eigenvalue weighted by Crippen LogP contribution is 2.46. The Kier molecular flexibility index (Phi) is 6.07. The molecule has 2 nitrogen and oxygen atoms in total. The zero-order valence-electron chi connectivity index (χ0n) is 24.4. The number of aromatic nitrogens is 2. The highest BCUT2D eigenvalue weighted by atomic mass is 32.1. The van der Waals surface area contributed by atoms with Gasteiger partial charge in [0.1, 0.15) is 0 Å². The van der Waals surface area contributed by atoms with Crippen LogP contribution in [0.2, 0.25) is 0 Å². The van der Waals surface area contributed by atoms with Crippen LogP contribution >= 0.6 is 11.3 Å². The van der Waals surface area contributed by atoms with Gasteiger partial charge in [-0.3, -0.25) is 9.97 Å². The van der Waals surface area contributed by atoms with Gasteiger partial charge in [-0.1, -0.05) is 66.7 Å². The fraction of sp³-hybridized carbons (Fsp3) is 0.333. The maximum atomic E-state index is 5.37. The van der Waals surface area contributed by atoms with Gasteiger partial charge in [0.25, 0.3) is 0 Å². The van der Waals surface area contributed by atoms with Crippen molar-refractivity contribution in [3.05, 3.63) is 88.7 Å². The molecule has 0 radical (unpaired) electrons. The van der Waals surface area contributed by atoms with Crippen LogP contribution in [0.5, 0.6) is 0 Å². The van der Waals surface area contributed by atoms with Crippen molar-refractivity contribution in [1.82, 2.24) is 9.97 Å². The minimum Gasteiger partial charge on any atom is -0.264 e. The highest BCUT2D eigenvalue weighted by Gasteiger charge is 2.33. The zero-order chi connectivity index (χ0) is 27.7. The lowest BCUT2D eigenvalue weighted by Crippen LogP contribution is -2.15. The third kappa shape index (κ3) is 4.61. The molecule has 5 aromatic rings. The summed E-state index contributed by atoms with van der Waals surface area (Å²) in [5, 5.41) is 3.77. The molecule has 0 amide bonds. The van der Waals surface area contributed by atoms with Gasteiger partial charge in [0, 0.05) is 43.9 Å². The SMILES string of the molecule is CC1=CC(C)(C)c2nc(-c3cc(C(C)(C)C)c4ccncc4c3)cc(-c3ccc4cc(CC(C)C)sc4c3)c21. The molecule has 198 valence electrons. The molecule has 3 heterocycles. The first-order valence-corrected chi connectivity index (χ1v) is 14.9. The van der Waals surface area contributed by atoms with E-state index in [9.17, 15) is 0 Å². The number of allylic oxidation sites excluding steroid dienone is 2. The van der Waals surface area contributed by atoms with Crippen molar-refractivity contribution in [3.8, 4) is 22.4 Å². The molecular weight excluding hydrogens is 492 g/mol. The minimum atomic E-state index is -0.118. The quantitative estimate of drug-likeness (QED) is 0.231. The molecule has 0 spiro atoms. The molecule has 0 bridgehead atoms. The molecular formula is C36H38N2S. The maximum Gasteiger partial charge on any atom is 0.0712 e. The van der Waals surface area contributed by atoms with Crippen molar-refractivity contribution in [2.45, 2.75) is 72.6 Å². The number of thiophene rings is 1. The van der Waals surface area contributed by atoms with E-state index in [2.05, 4.69) is 115 Å². The van der Waals surface area contributed by atoms with Crippen LogP contribution in [0.4, 0.5) is 0 Å². The van der Waals surface area contributed by atoms with Crippen LogP contribution in [0.25, 0.3) is 48.8 Å². The van der Waals surface area contributed by atoms with Crippen molar-refractivity contribution in [3.63, 3.8) is 0 Å². The van der Waals surface area contributed by atoms with Crippen molar-refractivity contribution in [1.29, 1.82) is 0 Å². The number of nitrogens with zero attached hydrogens (tertiary/aromatic N) is 2. The summed E-state index contributed by atoms with van der Waals surface area (Å²) in [4.78, 5) is 11.3. The Morgan fingerprint density at radius 3 is 2.46 bits per heavy atom. The molecule has 2 aromatic carbocycles. The molecule has 0 saturated carbocycles. The topological polar surface area (TPSA) is 25.8 Å². The number of hydrogen-bond donors (Lipinski definition) is 0. The first-order chi connectivity index (χ1) is 18.4. The molecule has 1 aliphatic rings. The Balaban J connectivity index is 1.59. The number of benzene rings is 2. The predicted molar refractivity (Wildman–Crippen MR) is 170 cm³/mol. The largest absolute Gasteiger partial charge is 0.264 e. The molecule has 3 heteroatoms. The smallest absolute Gasteiger partial charge is 0.0712 e. The van der Waals surface area contributed by atoms with E-state index in [4.69, 9.17) is 4.98 Å². The van der Waals surface area contributed by atoms with E-state index in [0.717, 1.165) is 23.1 Å². The van der Waals surface area contributed by atoms with Crippen LogP contribution in [-0.2, 0) is 17.3 Å². The molecule has 0 aliphatic heterocycles. The second-order valence-electron chi connectivity index (χ2n) is 13.3. The molecule has 0 unspecified atom stereocenters. The van der Waals surface area contributed by atoms with Crippen LogP contribution in [0.15, 0.2) is 67.0 Å². The third-order valence-electron chi connectivity index (χ3n) is 7.95. The number of pyridine rings is 2. The van der Waals surface area contributed by atoms with Gasteiger partial charge in [0.2, 0.25) is 0 Å². The van der Waals surface area contributed by atoms with Gasteiger partial charge in [-0.2, -0.15) is 0 Å². The Bertz CT molecular complexity index is 1780. The monoisotopic (exact) mass is 530 g/mol. The average molecular weight is 531 g/mol. The molecule has 0 atom stereocenters. The summed E-state index contributed by atoms with van der Waals surface area (Å²) in [6.45, 7) is 18.3. The molecule has 3 aromatic heterocycles. The summed E-state index contributed by atoms with van der Waals surface area (Å²) in [6, 6.07) is 18.5. The van der Waals surface area contributed by atoms with E-state index in [1.54, 1.807) is 0 Å². The normalized spacial score (nSPS) is 14.8. The molecule has 1 aliphatic carbocycles. The Labute approximate surface area is 236 Å². The number of fused-ring (bicyclic) bond motifs is 3. The van der Waals surface area contributed by atoms with Gasteiger partial charge >= 0.3 is 0 Å². The molecule has 6 rings (SSSR count). The highest BCUT2D eigenvalue weighted by molar-refractivity contribution is 7.19. The number of rotatable bonds is 4. The van der Waals surface area contributed by atoms with Gasteiger partial charge in [-0.25, -0.2) is 0 Å². The first kappa shape index (κ1) is 26.0. The standard InChI is InChI=1S/C36H38N2S/c1-21(2)13-27-15-24-10-9-23(17-32(24)39-27)29-18-31(38-34-33(29)22(3)19-36(34,7)8)25-14-26-20-37-12-11-28(26)30(16-25)35(4,5)6/h9-12,14-21H,13H2,1-8H3. The molecule has 0 N–H and O–H groups in total. The van der Waals surface area contributed by atoms with E-state index in [0.29, 0.717) is 5.92 Å². The van der Waals surface area contributed by atoms with Gasteiger partial charge in [0.05, 0.1) is 11.4 Å². The zero-order valence-corrected chi connectivity index (χ0v) is 25.3. The summed E-state index contributed by atoms with van der Waals surface area (Å²) in [5.74, 6) is 0.661. The summed E-state index contributed by atoms with van der Waals surface area (Å²) in [7, 11) is 0. The first-order valence-electron chi connectivity index (χ1n) is 14.1. The third-order valence-corrected chi connectivity index (χ3v) is 9.07. The number of hydrogen-bond acceptors (Lipinski definition) is 3. The van der Waals surface area contributed by atoms with Crippen LogP contribution in [0.3, 0.4) is 0 Å². The Morgan fingerprint density at radius 2 is 1.72 bits per heavy atom. The summed E-state index contributed by atoms with van der Waals surface area (Å²) >= 11 is 1.94. The molecule has 0 saturated heterocycles. The second-order valence-corrected chi connectivity index (χ2v) is 14.4. The van der Waals surface area contributed by atoms with Crippen molar-refractivity contribution in [2.75, 3.05) is 0 Å². The lowest BCUT2D eigenvalue weighted by molar-refractivity contribution is 0.596. The minimum absolute atomic E-state index is 0.00445. The second kappa shape index (κ2) is 9.13. The van der Waals surface area contributed by atoms with Gasteiger partial charge < -0.3 is 0 Å². The van der Waals surface area contributed by atoms with E-state index in [1.807, 2.05) is 23.7 Å². The van der Waals surface area contributed by atoms with Crippen LogP contribution in [0, 0.1) is 5.92 Å². The lowest BCUT2D eigenvalue weighted by atomic mass is 9.82. The van der Waals surface area contributed by atoms with Crippen LogP contribution < -0.4 is 0 Å². The van der Waals surface area contributed by atoms with E-state index < -0.39 is 0 Å². The van der Waals surface area contributed by atoms with Gasteiger partial charge in [-0.05, 0) is 94.1 Å². The fourth-order valence-electron chi connectivity index (χ4n) is 6.20. The molecule has 39 heavy (non-hydrogen) atoms. The van der Waals surface area contributed by atoms with Crippen LogP contribution in [-0.4, -0.2) is 9.97 Å². The van der Waals surface area contributed by atoms with Crippen molar-refractivity contribution >= 4 is 37.8 Å². The lowest BCUT2D eigenvalue weighted by Gasteiger charge is -2.24. The summed E-state index contributed by atoms with van der Waals surface area (Å²) < 4.78 is 1.36.